The Bertz CT molecular complexity index is 1090. The predicted octanol–water partition coefficient (Wildman–Crippen LogP) is 12.0. The van der Waals surface area contributed by atoms with E-state index in [1.807, 2.05) is 0 Å². The van der Waals surface area contributed by atoms with Gasteiger partial charge in [0.15, 0.2) is 0 Å². The number of carbonyl (C=O) groups excluding carboxylic acids is 1. The average molecular weight is 639 g/mol. The summed E-state index contributed by atoms with van der Waals surface area (Å²) in [6.45, 7) is 20.4. The number of aliphatic hydroxyl groups excluding tert-OH is 1. The number of unbranched alkanes of at least 4 members (excludes halogenated alkanes) is 9. The van der Waals surface area contributed by atoms with Gasteiger partial charge in [0.25, 0.3) is 0 Å². The summed E-state index contributed by atoms with van der Waals surface area (Å²) in [6, 6.07) is 0. The Morgan fingerprint density at radius 1 is 0.783 bits per heavy atom. The van der Waals surface area contributed by atoms with Gasteiger partial charge in [-0.25, -0.2) is 0 Å². The first kappa shape index (κ1) is 36.5. The van der Waals surface area contributed by atoms with Gasteiger partial charge in [0.2, 0.25) is 0 Å². The van der Waals surface area contributed by atoms with Crippen molar-refractivity contribution < 1.29 is 14.6 Å². The van der Waals surface area contributed by atoms with Gasteiger partial charge in [0.05, 0.1) is 0 Å². The second-order valence-electron chi connectivity index (χ2n) is 19.5. The maximum Gasteiger partial charge on any atom is 0.306 e. The molecule has 8 atom stereocenters. The molecule has 0 aromatic heterocycles. The molecule has 0 aromatic rings. The Balaban J connectivity index is 1.21. The van der Waals surface area contributed by atoms with E-state index in [0.29, 0.717) is 36.2 Å². The summed E-state index contributed by atoms with van der Waals surface area (Å²) in [5, 5.41) is 10.8. The van der Waals surface area contributed by atoms with E-state index < -0.39 is 0 Å². The highest BCUT2D eigenvalue weighted by atomic mass is 16.5. The van der Waals surface area contributed by atoms with Gasteiger partial charge in [-0.3, -0.25) is 4.79 Å². The molecule has 0 aromatic carbocycles. The number of esters is 1. The molecular formula is C43H74O3. The zero-order valence-corrected chi connectivity index (χ0v) is 31.7. The molecule has 5 aliphatic rings. The number of fused-ring (bicyclic) bond motifs is 7. The van der Waals surface area contributed by atoms with Crippen LogP contribution >= 0.6 is 0 Å². The van der Waals surface area contributed by atoms with Crippen LogP contribution in [0.1, 0.15) is 190 Å². The molecule has 0 spiro atoms. The monoisotopic (exact) mass is 639 g/mol. The molecule has 8 unspecified atom stereocenters. The fourth-order valence-corrected chi connectivity index (χ4v) is 12.8. The SMILES string of the molecule is CCCCCCCCCCCCC(=O)OC1CCC2(C)C(CCC3(C)C2CC=C2C4CC(C)(C)CCC4(CO)CCC23C)C1(C)C. The van der Waals surface area contributed by atoms with Crippen LogP contribution in [0, 0.1) is 50.2 Å². The molecule has 0 saturated heterocycles. The minimum Gasteiger partial charge on any atom is -0.462 e. The Hall–Kier alpha value is -0.830. The van der Waals surface area contributed by atoms with E-state index >= 15 is 0 Å². The van der Waals surface area contributed by atoms with Gasteiger partial charge in [-0.2, -0.15) is 0 Å². The van der Waals surface area contributed by atoms with Crippen LogP contribution in [0.3, 0.4) is 0 Å². The third kappa shape index (κ3) is 6.44. The number of ether oxygens (including phenoxy) is 1. The highest BCUT2D eigenvalue weighted by Gasteiger charge is 2.68. The van der Waals surface area contributed by atoms with Crippen molar-refractivity contribution in [3.63, 3.8) is 0 Å². The van der Waals surface area contributed by atoms with Crippen molar-refractivity contribution in [2.45, 2.75) is 196 Å². The van der Waals surface area contributed by atoms with Crippen LogP contribution in [0.5, 0.6) is 0 Å². The van der Waals surface area contributed by atoms with Crippen LogP contribution in [-0.4, -0.2) is 23.8 Å². The van der Waals surface area contributed by atoms with Gasteiger partial charge < -0.3 is 9.84 Å². The second-order valence-corrected chi connectivity index (χ2v) is 19.5. The number of rotatable bonds is 13. The largest absolute Gasteiger partial charge is 0.462 e. The van der Waals surface area contributed by atoms with Gasteiger partial charge in [-0.15, -0.1) is 0 Å². The van der Waals surface area contributed by atoms with E-state index in [-0.39, 0.29) is 39.1 Å². The van der Waals surface area contributed by atoms with Crippen LogP contribution in [0.15, 0.2) is 11.6 Å². The third-order valence-electron chi connectivity index (χ3n) is 16.1. The lowest BCUT2D eigenvalue weighted by atomic mass is 9.33. The Morgan fingerprint density at radius 2 is 1.41 bits per heavy atom. The molecule has 5 aliphatic carbocycles. The van der Waals surface area contributed by atoms with Crippen LogP contribution in [-0.2, 0) is 9.53 Å². The molecule has 264 valence electrons. The predicted molar refractivity (Wildman–Crippen MR) is 192 cm³/mol. The van der Waals surface area contributed by atoms with E-state index in [0.717, 1.165) is 19.3 Å². The molecule has 4 fully saturated rings. The molecule has 0 amide bonds. The zero-order valence-electron chi connectivity index (χ0n) is 31.7. The van der Waals surface area contributed by atoms with Crippen molar-refractivity contribution in [1.82, 2.24) is 0 Å². The van der Waals surface area contributed by atoms with E-state index in [1.54, 1.807) is 5.57 Å². The first-order valence-electron chi connectivity index (χ1n) is 20.2. The molecule has 3 heteroatoms. The summed E-state index contributed by atoms with van der Waals surface area (Å²) in [7, 11) is 0. The highest BCUT2D eigenvalue weighted by Crippen LogP contribution is 2.75. The number of aliphatic hydroxyl groups is 1. The molecule has 0 aliphatic heterocycles. The molecule has 0 heterocycles. The summed E-state index contributed by atoms with van der Waals surface area (Å²) in [5.41, 5.74) is 2.94. The number of carbonyl (C=O) groups is 1. The van der Waals surface area contributed by atoms with E-state index in [2.05, 4.69) is 61.5 Å². The summed E-state index contributed by atoms with van der Waals surface area (Å²) < 4.78 is 6.38. The Morgan fingerprint density at radius 3 is 2.07 bits per heavy atom. The minimum absolute atomic E-state index is 0.00133. The molecule has 3 nitrogen and oxygen atoms in total. The fraction of sp³-hybridized carbons (Fsp3) is 0.930. The summed E-state index contributed by atoms with van der Waals surface area (Å²) in [6.07, 6.45) is 28.2. The minimum atomic E-state index is -0.00133. The lowest BCUT2D eigenvalue weighted by Crippen LogP contribution is -2.65. The van der Waals surface area contributed by atoms with Crippen LogP contribution < -0.4 is 0 Å². The van der Waals surface area contributed by atoms with Crippen molar-refractivity contribution in [3.8, 4) is 0 Å². The fourth-order valence-electron chi connectivity index (χ4n) is 12.8. The van der Waals surface area contributed by atoms with Gasteiger partial charge in [-0.1, -0.05) is 125 Å². The normalized spacial score (nSPS) is 40.9. The molecule has 0 radical (unpaired) electrons. The summed E-state index contributed by atoms with van der Waals surface area (Å²) in [5.74, 6) is 1.82. The third-order valence-corrected chi connectivity index (χ3v) is 16.1. The van der Waals surface area contributed by atoms with Crippen molar-refractivity contribution >= 4 is 5.97 Å². The maximum absolute atomic E-state index is 13.1. The quantitative estimate of drug-likeness (QED) is 0.124. The van der Waals surface area contributed by atoms with Crippen molar-refractivity contribution in [2.75, 3.05) is 6.61 Å². The Kier molecular flexibility index (Phi) is 11.0. The second kappa shape index (κ2) is 13.8. The van der Waals surface area contributed by atoms with E-state index in [4.69, 9.17) is 4.74 Å². The van der Waals surface area contributed by atoms with Gasteiger partial charge in [0.1, 0.15) is 6.10 Å². The number of hydrogen-bond acceptors (Lipinski definition) is 3. The average Bonchev–Trinajstić information content (AvgIpc) is 2.99. The smallest absolute Gasteiger partial charge is 0.306 e. The molecular weight excluding hydrogens is 564 g/mol. The van der Waals surface area contributed by atoms with Gasteiger partial charge in [0, 0.05) is 23.9 Å². The molecule has 0 bridgehead atoms. The van der Waals surface area contributed by atoms with Crippen LogP contribution in [0.25, 0.3) is 0 Å². The van der Waals surface area contributed by atoms with Crippen molar-refractivity contribution in [2.24, 2.45) is 50.2 Å². The molecule has 5 rings (SSSR count). The summed E-state index contributed by atoms with van der Waals surface area (Å²) in [4.78, 5) is 13.1. The zero-order chi connectivity index (χ0) is 33.4. The van der Waals surface area contributed by atoms with E-state index in [1.165, 1.54) is 109 Å². The van der Waals surface area contributed by atoms with Crippen LogP contribution in [0.2, 0.25) is 0 Å². The van der Waals surface area contributed by atoms with E-state index in [9.17, 15) is 9.90 Å². The van der Waals surface area contributed by atoms with Gasteiger partial charge in [-0.05, 0) is 110 Å². The summed E-state index contributed by atoms with van der Waals surface area (Å²) >= 11 is 0. The lowest BCUT2D eigenvalue weighted by Gasteiger charge is -2.71. The maximum atomic E-state index is 13.1. The highest BCUT2D eigenvalue weighted by molar-refractivity contribution is 5.69. The van der Waals surface area contributed by atoms with Crippen molar-refractivity contribution in [3.05, 3.63) is 11.6 Å². The lowest BCUT2D eigenvalue weighted by molar-refractivity contribution is -0.213. The van der Waals surface area contributed by atoms with Crippen molar-refractivity contribution in [1.29, 1.82) is 0 Å². The first-order valence-corrected chi connectivity index (χ1v) is 20.2. The number of allylic oxidation sites excluding steroid dienone is 2. The van der Waals surface area contributed by atoms with Crippen LogP contribution in [0.4, 0.5) is 0 Å². The molecule has 46 heavy (non-hydrogen) atoms. The number of hydrogen-bond donors (Lipinski definition) is 1. The standard InChI is InChI=1S/C43H74O3/c1-9-10-11-12-13-14-15-16-17-18-19-37(45)46-36-23-24-40(6)34(39(36,4)5)22-25-42(8)35(40)21-20-32-33-30-38(2,3)26-28-43(33,31-44)29-27-41(32,42)7/h20,33-36,44H,9-19,21-31H2,1-8H3. The van der Waals surface area contributed by atoms with Gasteiger partial charge >= 0.3 is 5.97 Å². The Labute approximate surface area is 284 Å². The molecule has 1 N–H and O–H groups in total. The topological polar surface area (TPSA) is 46.5 Å². The molecule has 4 saturated carbocycles. The first-order chi connectivity index (χ1) is 21.7.